The molecule has 0 aliphatic carbocycles. The van der Waals surface area contributed by atoms with Gasteiger partial charge in [0.05, 0.1) is 0 Å². The largest absolute Gasteiger partial charge is 0.415 e. The molecule has 58 valence electrons. The molecule has 0 aliphatic heterocycles. The molecule has 0 heterocycles. The highest BCUT2D eigenvalue weighted by Gasteiger charge is 1.99. The van der Waals surface area contributed by atoms with Crippen LogP contribution in [0.4, 0.5) is 0 Å². The summed E-state index contributed by atoms with van der Waals surface area (Å²) >= 11 is -0.558. The standard InChI is InChI=1S/C10H7.Al.ClH.H/c1-2-6-10-8-4-3-7-9(10)5-1;;;/h1-7H;;1H;/q;+1;;/p-1. The zero-order valence-corrected chi connectivity index (χ0v) is 8.80. The van der Waals surface area contributed by atoms with Crippen molar-refractivity contribution in [3.05, 3.63) is 42.5 Å². The third-order valence-corrected chi connectivity index (χ3v) is 3.79. The van der Waals surface area contributed by atoms with Gasteiger partial charge in [-0.05, 0) is 10.8 Å². The molecule has 0 bridgehead atoms. The highest BCUT2D eigenvalue weighted by molar-refractivity contribution is 7.02. The molecule has 0 aliphatic rings. The first-order chi connectivity index (χ1) is 5.92. The molecule has 0 amide bonds. The molecule has 2 aromatic carbocycles. The molecule has 0 unspecified atom stereocenters. The van der Waals surface area contributed by atoms with Crippen LogP contribution in [-0.2, 0) is 0 Å². The second-order valence-corrected chi connectivity index (χ2v) is 4.60. The van der Waals surface area contributed by atoms with Crippen molar-refractivity contribution in [2.75, 3.05) is 0 Å². The van der Waals surface area contributed by atoms with Crippen LogP contribution >= 0.6 is 10.0 Å². The molecule has 0 saturated carbocycles. The van der Waals surface area contributed by atoms with E-state index in [1.807, 2.05) is 0 Å². The van der Waals surface area contributed by atoms with E-state index in [0.29, 0.717) is 0 Å². The van der Waals surface area contributed by atoms with Gasteiger partial charge in [0.1, 0.15) is 0 Å². The number of fused-ring (bicyclic) bond motifs is 1. The highest BCUT2D eigenvalue weighted by atomic mass is 35.6. The Morgan fingerprint density at radius 1 is 0.917 bits per heavy atom. The third-order valence-electron chi connectivity index (χ3n) is 2.02. The monoisotopic (exact) mass is 190 g/mol. The summed E-state index contributed by atoms with van der Waals surface area (Å²) in [6, 6.07) is 14.7. The van der Waals surface area contributed by atoms with E-state index >= 15 is 0 Å². The zero-order chi connectivity index (χ0) is 8.39. The summed E-state index contributed by atoms with van der Waals surface area (Å²) in [5, 5.41) is 2.62. The van der Waals surface area contributed by atoms with Crippen LogP contribution < -0.4 is 4.43 Å². The normalized spacial score (nSPS) is 10.1. The van der Waals surface area contributed by atoms with E-state index in [0.717, 1.165) is 0 Å². The van der Waals surface area contributed by atoms with Crippen LogP contribution in [0.25, 0.3) is 10.8 Å². The van der Waals surface area contributed by atoms with Gasteiger partial charge in [0, 0.05) is 0 Å². The van der Waals surface area contributed by atoms with Crippen molar-refractivity contribution in [1.29, 1.82) is 0 Å². The summed E-state index contributed by atoms with van der Waals surface area (Å²) in [5.74, 6) is 0. The van der Waals surface area contributed by atoms with E-state index in [1.54, 1.807) is 0 Å². The van der Waals surface area contributed by atoms with Gasteiger partial charge in [-0.2, -0.15) is 0 Å². The minimum Gasteiger partial charge on any atom is -0.260 e. The van der Waals surface area contributed by atoms with Crippen LogP contribution in [0.5, 0.6) is 0 Å². The summed E-state index contributed by atoms with van der Waals surface area (Å²) in [5.41, 5.74) is 0. The van der Waals surface area contributed by atoms with E-state index in [2.05, 4.69) is 42.5 Å². The number of halogens is 1. The summed E-state index contributed by atoms with van der Waals surface area (Å²) in [6.45, 7) is 0. The lowest BCUT2D eigenvalue weighted by molar-refractivity contribution is 1.78. The van der Waals surface area contributed by atoms with Crippen LogP contribution in [0.1, 0.15) is 0 Å². The minimum absolute atomic E-state index is 0.558. The van der Waals surface area contributed by atoms with Gasteiger partial charge >= 0.3 is 14.3 Å². The van der Waals surface area contributed by atoms with Gasteiger partial charge in [0.25, 0.3) is 0 Å². The summed E-state index contributed by atoms with van der Waals surface area (Å²) in [7, 11) is 5.94. The smallest absolute Gasteiger partial charge is 0.260 e. The fourth-order valence-electron chi connectivity index (χ4n) is 1.41. The second kappa shape index (κ2) is 3.50. The first-order valence-corrected chi connectivity index (χ1v) is 6.79. The second-order valence-electron chi connectivity index (χ2n) is 2.77. The maximum Gasteiger partial charge on any atom is 0.415 e. The first-order valence-electron chi connectivity index (χ1n) is 3.94. The molecule has 2 rings (SSSR count). The predicted octanol–water partition coefficient (Wildman–Crippen LogP) is 2.06. The van der Waals surface area contributed by atoms with Crippen molar-refractivity contribution < 1.29 is 0 Å². The quantitative estimate of drug-likeness (QED) is 0.604. The lowest BCUT2D eigenvalue weighted by atomic mass is 10.1. The van der Waals surface area contributed by atoms with E-state index in [4.69, 9.17) is 10.0 Å². The van der Waals surface area contributed by atoms with Crippen LogP contribution in [-0.4, -0.2) is 14.3 Å². The lowest BCUT2D eigenvalue weighted by Gasteiger charge is -2.00. The van der Waals surface area contributed by atoms with E-state index in [9.17, 15) is 0 Å². The Bertz CT molecular complexity index is 392. The highest BCUT2D eigenvalue weighted by Crippen LogP contribution is 2.10. The number of hydrogen-bond donors (Lipinski definition) is 0. The third kappa shape index (κ3) is 1.36. The van der Waals surface area contributed by atoms with Crippen molar-refractivity contribution in [2.24, 2.45) is 0 Å². The van der Waals surface area contributed by atoms with Crippen LogP contribution in [0.15, 0.2) is 42.5 Å². The van der Waals surface area contributed by atoms with E-state index in [1.165, 1.54) is 15.2 Å². The first kappa shape index (κ1) is 8.14. The van der Waals surface area contributed by atoms with E-state index in [-0.39, 0.29) is 0 Å². The molecular formula is C10H8AlCl. The Morgan fingerprint density at radius 2 is 1.67 bits per heavy atom. The fraction of sp³-hybridized carbons (Fsp3) is 0. The van der Waals surface area contributed by atoms with Gasteiger partial charge in [0.15, 0.2) is 0 Å². The molecule has 2 aromatic rings. The Hall–Kier alpha value is -0.478. The molecule has 0 nitrogen and oxygen atoms in total. The number of rotatable bonds is 1. The maximum absolute atomic E-state index is 5.94. The summed E-state index contributed by atoms with van der Waals surface area (Å²) in [6.07, 6.45) is 0. The Balaban J connectivity index is 2.79. The molecular weight excluding hydrogens is 183 g/mol. The van der Waals surface area contributed by atoms with Gasteiger partial charge in [-0.15, -0.1) is 0 Å². The van der Waals surface area contributed by atoms with Crippen LogP contribution in [0, 0.1) is 0 Å². The van der Waals surface area contributed by atoms with Gasteiger partial charge in [0.2, 0.25) is 0 Å². The molecule has 0 N–H and O–H groups in total. The number of benzene rings is 2. The average molecular weight is 191 g/mol. The molecule has 0 atom stereocenters. The van der Waals surface area contributed by atoms with Crippen molar-refractivity contribution >= 4 is 39.5 Å². The average Bonchev–Trinajstić information content (AvgIpc) is 2.17. The van der Waals surface area contributed by atoms with Crippen molar-refractivity contribution in [2.45, 2.75) is 0 Å². The molecule has 0 aromatic heterocycles. The van der Waals surface area contributed by atoms with Crippen molar-refractivity contribution in [3.8, 4) is 0 Å². The van der Waals surface area contributed by atoms with Gasteiger partial charge < -0.3 is 0 Å². The molecule has 0 saturated heterocycles. The predicted molar refractivity (Wildman–Crippen MR) is 56.6 cm³/mol. The van der Waals surface area contributed by atoms with Gasteiger partial charge in [-0.25, -0.2) is 0 Å². The van der Waals surface area contributed by atoms with Crippen LogP contribution in [0.3, 0.4) is 0 Å². The SMILES string of the molecule is [Cl][AlH][c]1cccc2ccccc12. The molecule has 12 heavy (non-hydrogen) atoms. The van der Waals surface area contributed by atoms with Gasteiger partial charge in [-0.1, -0.05) is 46.9 Å². The van der Waals surface area contributed by atoms with Crippen molar-refractivity contribution in [3.63, 3.8) is 0 Å². The fourth-order valence-corrected chi connectivity index (χ4v) is 2.80. The summed E-state index contributed by atoms with van der Waals surface area (Å²) in [4.78, 5) is 0. The van der Waals surface area contributed by atoms with Crippen LogP contribution in [0.2, 0.25) is 0 Å². The molecule has 2 heteroatoms. The Morgan fingerprint density at radius 3 is 2.50 bits per heavy atom. The number of hydrogen-bond acceptors (Lipinski definition) is 0. The minimum atomic E-state index is -0.558. The lowest BCUT2D eigenvalue weighted by Crippen LogP contribution is -2.08. The molecule has 0 fully saturated rings. The Labute approximate surface area is 82.1 Å². The topological polar surface area (TPSA) is 0 Å². The van der Waals surface area contributed by atoms with E-state index < -0.39 is 14.3 Å². The Kier molecular flexibility index (Phi) is 2.37. The van der Waals surface area contributed by atoms with Gasteiger partial charge in [-0.3, -0.25) is 10.0 Å². The maximum atomic E-state index is 5.94. The zero-order valence-electron chi connectivity index (χ0n) is 6.63. The van der Waals surface area contributed by atoms with Crippen molar-refractivity contribution in [1.82, 2.24) is 0 Å². The molecule has 0 spiro atoms. The molecule has 0 radical (unpaired) electrons. The summed E-state index contributed by atoms with van der Waals surface area (Å²) < 4.78 is 1.34.